The maximum atomic E-state index is 13.3. The van der Waals surface area contributed by atoms with Crippen molar-refractivity contribution in [2.45, 2.75) is 0 Å². The molecule has 0 aliphatic carbocycles. The number of rotatable bonds is 2. The molecule has 0 aromatic heterocycles. The van der Waals surface area contributed by atoms with Crippen LogP contribution in [0.15, 0.2) is 26.8 Å². The van der Waals surface area contributed by atoms with Gasteiger partial charge in [-0.2, -0.15) is 5.10 Å². The highest BCUT2D eigenvalue weighted by molar-refractivity contribution is 14.1. The molecular weight excluding hydrogens is 378 g/mol. The highest BCUT2D eigenvalue weighted by Crippen LogP contribution is 2.21. The van der Waals surface area contributed by atoms with Gasteiger partial charge in [0.1, 0.15) is 5.82 Å². The number of nitrogens with two attached hydrogens (primary N) is 2. The minimum Gasteiger partial charge on any atom is -0.369 e. The van der Waals surface area contributed by atoms with E-state index < -0.39 is 5.82 Å². The Hall–Kier alpha value is -0.700. The first-order chi connectivity index (χ1) is 7.00. The van der Waals surface area contributed by atoms with Crippen LogP contribution in [0.4, 0.5) is 4.39 Å². The topological polar surface area (TPSA) is 76.8 Å². The molecule has 0 aliphatic heterocycles. The second-order valence-electron chi connectivity index (χ2n) is 2.56. The van der Waals surface area contributed by atoms with Crippen molar-refractivity contribution < 1.29 is 4.39 Å². The van der Waals surface area contributed by atoms with Crippen molar-refractivity contribution in [3.05, 3.63) is 31.6 Å². The predicted octanol–water partition coefficient (Wildman–Crippen LogP) is 1.80. The van der Waals surface area contributed by atoms with Gasteiger partial charge in [-0.3, -0.25) is 0 Å². The van der Waals surface area contributed by atoms with Crippen LogP contribution in [0.5, 0.6) is 0 Å². The SMILES string of the molecule is NC(N)=NN=Cc1cc(I)c(Br)cc1F. The summed E-state index contributed by atoms with van der Waals surface area (Å²) < 4.78 is 14.9. The molecule has 15 heavy (non-hydrogen) atoms. The molecule has 0 spiro atoms. The number of nitrogens with zero attached hydrogens (tertiary/aromatic N) is 2. The van der Waals surface area contributed by atoms with E-state index in [1.165, 1.54) is 12.3 Å². The zero-order valence-electron chi connectivity index (χ0n) is 7.42. The largest absolute Gasteiger partial charge is 0.369 e. The van der Waals surface area contributed by atoms with Crippen LogP contribution in [0.2, 0.25) is 0 Å². The van der Waals surface area contributed by atoms with E-state index in [2.05, 4.69) is 48.7 Å². The molecule has 0 saturated heterocycles. The Morgan fingerprint density at radius 3 is 2.73 bits per heavy atom. The lowest BCUT2D eigenvalue weighted by Crippen LogP contribution is -2.21. The minimum atomic E-state index is -0.392. The fourth-order valence-corrected chi connectivity index (χ4v) is 1.60. The Balaban J connectivity index is 3.01. The number of hydrogen-bond donors (Lipinski definition) is 2. The van der Waals surface area contributed by atoms with Crippen LogP contribution in [-0.4, -0.2) is 12.2 Å². The molecule has 0 fully saturated rings. The molecule has 0 saturated carbocycles. The van der Waals surface area contributed by atoms with E-state index in [0.717, 1.165) is 3.57 Å². The molecule has 1 rings (SSSR count). The fraction of sp³-hybridized carbons (Fsp3) is 0. The first-order valence-corrected chi connectivity index (χ1v) is 5.64. The van der Waals surface area contributed by atoms with E-state index >= 15 is 0 Å². The van der Waals surface area contributed by atoms with Crippen molar-refractivity contribution in [1.29, 1.82) is 0 Å². The van der Waals surface area contributed by atoms with Gasteiger partial charge in [-0.05, 0) is 50.7 Å². The molecule has 0 unspecified atom stereocenters. The molecule has 1 aromatic rings. The molecule has 0 atom stereocenters. The van der Waals surface area contributed by atoms with Crippen molar-refractivity contribution in [2.24, 2.45) is 21.7 Å². The lowest BCUT2D eigenvalue weighted by molar-refractivity contribution is 0.624. The average molecular weight is 385 g/mol. The zero-order valence-corrected chi connectivity index (χ0v) is 11.2. The summed E-state index contributed by atoms with van der Waals surface area (Å²) in [5.74, 6) is -0.560. The molecule has 80 valence electrons. The second-order valence-corrected chi connectivity index (χ2v) is 4.57. The first-order valence-electron chi connectivity index (χ1n) is 3.77. The maximum absolute atomic E-state index is 13.3. The van der Waals surface area contributed by atoms with E-state index in [-0.39, 0.29) is 5.96 Å². The molecule has 0 bridgehead atoms. The third kappa shape index (κ3) is 3.74. The Bertz CT molecular complexity index is 429. The molecule has 0 radical (unpaired) electrons. The van der Waals surface area contributed by atoms with Gasteiger partial charge in [0.2, 0.25) is 5.96 Å². The number of halogens is 3. The van der Waals surface area contributed by atoms with Crippen molar-refractivity contribution in [2.75, 3.05) is 0 Å². The highest BCUT2D eigenvalue weighted by Gasteiger charge is 2.04. The van der Waals surface area contributed by atoms with E-state index in [0.29, 0.717) is 10.0 Å². The van der Waals surface area contributed by atoms with Gasteiger partial charge in [-0.1, -0.05) is 0 Å². The lowest BCUT2D eigenvalue weighted by atomic mass is 10.2. The van der Waals surface area contributed by atoms with Crippen molar-refractivity contribution in [1.82, 2.24) is 0 Å². The van der Waals surface area contributed by atoms with Crippen molar-refractivity contribution >= 4 is 50.7 Å². The van der Waals surface area contributed by atoms with Crippen LogP contribution >= 0.6 is 38.5 Å². The van der Waals surface area contributed by atoms with Crippen LogP contribution < -0.4 is 11.5 Å². The number of hydrogen-bond acceptors (Lipinski definition) is 2. The third-order valence-electron chi connectivity index (χ3n) is 1.41. The predicted molar refractivity (Wildman–Crippen MR) is 70.2 cm³/mol. The van der Waals surface area contributed by atoms with Gasteiger partial charge in [0.15, 0.2) is 0 Å². The Morgan fingerprint density at radius 2 is 2.13 bits per heavy atom. The molecule has 4 N–H and O–H groups in total. The van der Waals surface area contributed by atoms with Crippen LogP contribution in [0, 0.1) is 9.39 Å². The summed E-state index contributed by atoms with van der Waals surface area (Å²) in [4.78, 5) is 0. The van der Waals surface area contributed by atoms with Gasteiger partial charge in [0.25, 0.3) is 0 Å². The molecule has 1 aromatic carbocycles. The van der Waals surface area contributed by atoms with Crippen LogP contribution in [0.25, 0.3) is 0 Å². The van der Waals surface area contributed by atoms with Gasteiger partial charge < -0.3 is 11.5 Å². The third-order valence-corrected chi connectivity index (χ3v) is 3.70. The number of benzene rings is 1. The monoisotopic (exact) mass is 384 g/mol. The van der Waals surface area contributed by atoms with E-state index in [1.807, 2.05) is 0 Å². The molecule has 0 amide bonds. The summed E-state index contributed by atoms with van der Waals surface area (Å²) >= 11 is 5.28. The van der Waals surface area contributed by atoms with Gasteiger partial charge >= 0.3 is 0 Å². The molecule has 7 heteroatoms. The minimum absolute atomic E-state index is 0.168. The fourth-order valence-electron chi connectivity index (χ4n) is 0.795. The van der Waals surface area contributed by atoms with Gasteiger partial charge in [-0.15, -0.1) is 5.10 Å². The smallest absolute Gasteiger partial charge is 0.211 e. The standard InChI is InChI=1S/C8H7BrFIN4/c9-5-2-6(10)4(1-7(5)11)3-14-15-8(12)13/h1-3H,(H4,12,13,15). The normalized spacial score (nSPS) is 10.6. The van der Waals surface area contributed by atoms with Gasteiger partial charge in [0, 0.05) is 13.6 Å². The molecule has 0 heterocycles. The quantitative estimate of drug-likeness (QED) is 0.268. The van der Waals surface area contributed by atoms with Gasteiger partial charge in [-0.25, -0.2) is 4.39 Å². The van der Waals surface area contributed by atoms with Crippen molar-refractivity contribution in [3.63, 3.8) is 0 Å². The van der Waals surface area contributed by atoms with E-state index in [4.69, 9.17) is 11.5 Å². The maximum Gasteiger partial charge on any atom is 0.211 e. The van der Waals surface area contributed by atoms with E-state index in [1.54, 1.807) is 6.07 Å². The molecule has 4 nitrogen and oxygen atoms in total. The van der Waals surface area contributed by atoms with Crippen molar-refractivity contribution in [3.8, 4) is 0 Å². The average Bonchev–Trinajstić information content (AvgIpc) is 2.13. The van der Waals surface area contributed by atoms with E-state index in [9.17, 15) is 4.39 Å². The van der Waals surface area contributed by atoms with Crippen LogP contribution in [-0.2, 0) is 0 Å². The lowest BCUT2D eigenvalue weighted by Gasteiger charge is -1.99. The van der Waals surface area contributed by atoms with Gasteiger partial charge in [0.05, 0.1) is 6.21 Å². The second kappa shape index (κ2) is 5.40. The highest BCUT2D eigenvalue weighted by atomic mass is 127. The zero-order chi connectivity index (χ0) is 11.4. The Labute approximate surface area is 108 Å². The summed E-state index contributed by atoms with van der Waals surface area (Å²) in [6.45, 7) is 0. The molecule has 0 aliphatic rings. The van der Waals surface area contributed by atoms with Crippen LogP contribution in [0.1, 0.15) is 5.56 Å². The Kier molecular flexibility index (Phi) is 4.45. The summed E-state index contributed by atoms with van der Waals surface area (Å²) in [5.41, 5.74) is 10.4. The Morgan fingerprint density at radius 1 is 1.47 bits per heavy atom. The number of guanidine groups is 1. The first kappa shape index (κ1) is 12.4. The molecular formula is C8H7BrFIN4. The summed E-state index contributed by atoms with van der Waals surface area (Å²) in [6.07, 6.45) is 1.25. The summed E-state index contributed by atoms with van der Waals surface area (Å²) in [5, 5.41) is 6.90. The summed E-state index contributed by atoms with van der Waals surface area (Å²) in [6, 6.07) is 2.99. The summed E-state index contributed by atoms with van der Waals surface area (Å²) in [7, 11) is 0. The van der Waals surface area contributed by atoms with Crippen LogP contribution in [0.3, 0.4) is 0 Å².